The van der Waals surface area contributed by atoms with Crippen LogP contribution in [-0.2, 0) is 11.2 Å². The summed E-state index contributed by atoms with van der Waals surface area (Å²) in [6, 6.07) is 8.66. The second-order valence-corrected chi connectivity index (χ2v) is 6.04. The Morgan fingerprint density at radius 2 is 2.00 bits per heavy atom. The third-order valence-electron chi connectivity index (χ3n) is 4.40. The van der Waals surface area contributed by atoms with Crippen molar-refractivity contribution < 1.29 is 4.79 Å². The van der Waals surface area contributed by atoms with Gasteiger partial charge in [-0.2, -0.15) is 0 Å². The summed E-state index contributed by atoms with van der Waals surface area (Å²) in [4.78, 5) is 11.9. The number of hydrogen-bond acceptors (Lipinski definition) is 2. The van der Waals surface area contributed by atoms with E-state index in [-0.39, 0.29) is 5.91 Å². The zero-order valence-electron chi connectivity index (χ0n) is 12.9. The van der Waals surface area contributed by atoms with Crippen molar-refractivity contribution in [2.75, 3.05) is 13.1 Å². The first kappa shape index (κ1) is 16.0. The Morgan fingerprint density at radius 1 is 1.19 bits per heavy atom. The van der Waals surface area contributed by atoms with Gasteiger partial charge >= 0.3 is 0 Å². The van der Waals surface area contributed by atoms with Crippen LogP contribution in [0.3, 0.4) is 0 Å². The molecule has 1 aliphatic carbocycles. The van der Waals surface area contributed by atoms with E-state index in [0.717, 1.165) is 38.8 Å². The van der Waals surface area contributed by atoms with Crippen molar-refractivity contribution in [1.29, 1.82) is 0 Å². The molecule has 0 saturated carbocycles. The molecule has 3 N–H and O–H groups in total. The number of aryl methyl sites for hydroxylation is 1. The van der Waals surface area contributed by atoms with Gasteiger partial charge in [-0.3, -0.25) is 4.79 Å². The zero-order chi connectivity index (χ0) is 14.9. The summed E-state index contributed by atoms with van der Waals surface area (Å²) in [5.74, 6) is 0.696. The molecule has 0 spiro atoms. The van der Waals surface area contributed by atoms with Crippen LogP contribution in [0, 0.1) is 0 Å². The lowest BCUT2D eigenvalue weighted by Crippen LogP contribution is -2.29. The minimum absolute atomic E-state index is 0.200. The van der Waals surface area contributed by atoms with Crippen molar-refractivity contribution in [3.8, 4) is 0 Å². The molecule has 0 aliphatic heterocycles. The molecule has 3 nitrogen and oxygen atoms in total. The van der Waals surface area contributed by atoms with Gasteiger partial charge in [-0.05, 0) is 49.8 Å². The van der Waals surface area contributed by atoms with E-state index in [4.69, 9.17) is 5.73 Å². The highest BCUT2D eigenvalue weighted by atomic mass is 16.1. The van der Waals surface area contributed by atoms with Crippen LogP contribution in [0.2, 0.25) is 0 Å². The fourth-order valence-electron chi connectivity index (χ4n) is 3.18. The lowest BCUT2D eigenvalue weighted by Gasteiger charge is -2.25. The number of carbonyl (C=O) groups is 1. The molecule has 3 heteroatoms. The molecule has 0 bridgehead atoms. The van der Waals surface area contributed by atoms with Crippen LogP contribution >= 0.6 is 0 Å². The highest BCUT2D eigenvalue weighted by Gasteiger charge is 2.19. The lowest BCUT2D eigenvalue weighted by atomic mass is 9.83. The molecule has 0 fully saturated rings. The summed E-state index contributed by atoms with van der Waals surface area (Å²) < 4.78 is 0. The molecule has 0 heterocycles. The van der Waals surface area contributed by atoms with Crippen LogP contribution in [0.4, 0.5) is 0 Å². The Hall–Kier alpha value is -1.35. The van der Waals surface area contributed by atoms with E-state index in [1.165, 1.54) is 30.4 Å². The molecule has 1 aliphatic rings. The summed E-state index contributed by atoms with van der Waals surface area (Å²) in [6.45, 7) is 1.55. The van der Waals surface area contributed by atoms with Gasteiger partial charge < -0.3 is 11.1 Å². The zero-order valence-corrected chi connectivity index (χ0v) is 12.9. The molecule has 1 atom stereocenters. The molecular formula is C18H28N2O. The normalized spacial score (nSPS) is 17.3. The number of fused-ring (bicyclic) bond motifs is 1. The fraction of sp³-hybridized carbons (Fsp3) is 0.611. The van der Waals surface area contributed by atoms with Gasteiger partial charge in [0.1, 0.15) is 0 Å². The first-order valence-corrected chi connectivity index (χ1v) is 8.36. The standard InChI is InChI=1S/C18H28N2O/c19-13-6-2-1-3-12-18(21)20-14-16-10-7-9-15-8-4-5-11-17(15)16/h4-5,8,11,16H,1-3,6-7,9-10,12-14,19H2,(H,20,21). The average Bonchev–Trinajstić information content (AvgIpc) is 2.52. The van der Waals surface area contributed by atoms with Crippen molar-refractivity contribution in [2.24, 2.45) is 5.73 Å². The second-order valence-electron chi connectivity index (χ2n) is 6.04. The predicted molar refractivity (Wildman–Crippen MR) is 87.3 cm³/mol. The van der Waals surface area contributed by atoms with E-state index in [1.54, 1.807) is 0 Å². The molecule has 116 valence electrons. The van der Waals surface area contributed by atoms with Gasteiger partial charge in [-0.1, -0.05) is 37.1 Å². The topological polar surface area (TPSA) is 55.1 Å². The first-order chi connectivity index (χ1) is 10.3. The van der Waals surface area contributed by atoms with Crippen LogP contribution in [0.15, 0.2) is 24.3 Å². The maximum Gasteiger partial charge on any atom is 0.220 e. The summed E-state index contributed by atoms with van der Waals surface area (Å²) >= 11 is 0. The summed E-state index contributed by atoms with van der Waals surface area (Å²) in [6.07, 6.45) is 8.55. The van der Waals surface area contributed by atoms with Crippen LogP contribution in [0.5, 0.6) is 0 Å². The van der Waals surface area contributed by atoms with E-state index >= 15 is 0 Å². The van der Waals surface area contributed by atoms with Gasteiger partial charge in [0.15, 0.2) is 0 Å². The number of amides is 1. The molecule has 1 unspecified atom stereocenters. The number of benzene rings is 1. The van der Waals surface area contributed by atoms with Gasteiger partial charge in [0.2, 0.25) is 5.91 Å². The molecule has 0 saturated heterocycles. The van der Waals surface area contributed by atoms with E-state index in [2.05, 4.69) is 29.6 Å². The SMILES string of the molecule is NCCCCCCC(=O)NCC1CCCc2ccccc21. The fourth-order valence-corrected chi connectivity index (χ4v) is 3.18. The molecule has 0 radical (unpaired) electrons. The Bertz CT molecular complexity index is 445. The number of unbranched alkanes of at least 4 members (excludes halogenated alkanes) is 3. The van der Waals surface area contributed by atoms with Gasteiger partial charge in [0.05, 0.1) is 0 Å². The average molecular weight is 288 g/mol. The van der Waals surface area contributed by atoms with Crippen LogP contribution < -0.4 is 11.1 Å². The maximum absolute atomic E-state index is 11.9. The molecule has 1 aromatic rings. The van der Waals surface area contributed by atoms with Gasteiger partial charge in [0.25, 0.3) is 0 Å². The van der Waals surface area contributed by atoms with Crippen LogP contribution in [0.1, 0.15) is 62.0 Å². The number of carbonyl (C=O) groups excluding carboxylic acids is 1. The maximum atomic E-state index is 11.9. The Kier molecular flexibility index (Phi) is 6.74. The van der Waals surface area contributed by atoms with Crippen LogP contribution in [-0.4, -0.2) is 19.0 Å². The molecule has 21 heavy (non-hydrogen) atoms. The molecule has 1 aromatic carbocycles. The van der Waals surface area contributed by atoms with E-state index in [9.17, 15) is 4.79 Å². The van der Waals surface area contributed by atoms with E-state index in [0.29, 0.717) is 12.3 Å². The molecule has 1 amide bonds. The largest absolute Gasteiger partial charge is 0.355 e. The third-order valence-corrected chi connectivity index (χ3v) is 4.40. The van der Waals surface area contributed by atoms with Crippen molar-refractivity contribution >= 4 is 5.91 Å². The van der Waals surface area contributed by atoms with Crippen molar-refractivity contribution in [2.45, 2.75) is 57.3 Å². The van der Waals surface area contributed by atoms with E-state index in [1.807, 2.05) is 0 Å². The quantitative estimate of drug-likeness (QED) is 0.722. The third kappa shape index (κ3) is 5.16. The Labute approximate surface area is 128 Å². The monoisotopic (exact) mass is 288 g/mol. The summed E-state index contributed by atoms with van der Waals surface area (Å²) in [5, 5.41) is 3.12. The Morgan fingerprint density at radius 3 is 2.86 bits per heavy atom. The summed E-state index contributed by atoms with van der Waals surface area (Å²) in [7, 11) is 0. The van der Waals surface area contributed by atoms with Crippen LogP contribution in [0.25, 0.3) is 0 Å². The van der Waals surface area contributed by atoms with Crippen molar-refractivity contribution in [3.05, 3.63) is 35.4 Å². The van der Waals surface area contributed by atoms with Gasteiger partial charge in [0, 0.05) is 18.9 Å². The minimum Gasteiger partial charge on any atom is -0.355 e. The van der Waals surface area contributed by atoms with Crippen molar-refractivity contribution in [1.82, 2.24) is 5.32 Å². The number of nitrogens with two attached hydrogens (primary N) is 1. The smallest absolute Gasteiger partial charge is 0.220 e. The predicted octanol–water partition coefficient (Wildman–Crippen LogP) is 3.13. The number of rotatable bonds is 8. The highest BCUT2D eigenvalue weighted by molar-refractivity contribution is 5.75. The number of nitrogens with one attached hydrogen (secondary N) is 1. The molecule has 2 rings (SSSR count). The van der Waals surface area contributed by atoms with E-state index < -0.39 is 0 Å². The molecule has 0 aromatic heterocycles. The minimum atomic E-state index is 0.200. The lowest BCUT2D eigenvalue weighted by molar-refractivity contribution is -0.121. The highest BCUT2D eigenvalue weighted by Crippen LogP contribution is 2.30. The number of hydrogen-bond donors (Lipinski definition) is 2. The van der Waals surface area contributed by atoms with Gasteiger partial charge in [-0.15, -0.1) is 0 Å². The second kappa shape index (κ2) is 8.83. The molecular weight excluding hydrogens is 260 g/mol. The van der Waals surface area contributed by atoms with Gasteiger partial charge in [-0.25, -0.2) is 0 Å². The Balaban J connectivity index is 1.70. The first-order valence-electron chi connectivity index (χ1n) is 8.36. The summed E-state index contributed by atoms with van der Waals surface area (Å²) in [5.41, 5.74) is 8.36. The van der Waals surface area contributed by atoms with Crippen molar-refractivity contribution in [3.63, 3.8) is 0 Å².